The Morgan fingerprint density at radius 1 is 1.18 bits per heavy atom. The highest BCUT2D eigenvalue weighted by molar-refractivity contribution is 7.18. The van der Waals surface area contributed by atoms with Crippen LogP contribution in [0.15, 0.2) is 5.38 Å². The van der Waals surface area contributed by atoms with Crippen molar-refractivity contribution in [3.05, 3.63) is 32.3 Å². The highest BCUT2D eigenvalue weighted by atomic mass is 32.1. The second-order valence-electron chi connectivity index (χ2n) is 7.26. The molecule has 0 spiro atoms. The molecule has 0 amide bonds. The van der Waals surface area contributed by atoms with Crippen LogP contribution < -0.4 is 4.90 Å². The Hall–Kier alpha value is -1.61. The summed E-state index contributed by atoms with van der Waals surface area (Å²) in [6, 6.07) is 0. The molecular formula is C20H27N5OS2. The van der Waals surface area contributed by atoms with Crippen molar-refractivity contribution in [2.45, 2.75) is 40.3 Å². The third kappa shape index (κ3) is 4.05. The predicted octanol–water partition coefficient (Wildman–Crippen LogP) is 3.80. The van der Waals surface area contributed by atoms with Gasteiger partial charge in [-0.1, -0.05) is 6.92 Å². The molecule has 0 N–H and O–H groups in total. The van der Waals surface area contributed by atoms with Crippen LogP contribution in [0.25, 0.3) is 10.2 Å². The normalized spacial score (nSPS) is 15.4. The fourth-order valence-corrected chi connectivity index (χ4v) is 5.26. The van der Waals surface area contributed by atoms with Gasteiger partial charge in [-0.15, -0.1) is 22.7 Å². The molecule has 4 rings (SSSR count). The van der Waals surface area contributed by atoms with Gasteiger partial charge in [-0.25, -0.2) is 15.0 Å². The first-order valence-electron chi connectivity index (χ1n) is 9.76. The monoisotopic (exact) mass is 417 g/mol. The second kappa shape index (κ2) is 8.41. The van der Waals surface area contributed by atoms with Crippen LogP contribution in [-0.4, -0.2) is 53.2 Å². The number of ether oxygens (including phenoxy) is 1. The third-order valence-electron chi connectivity index (χ3n) is 5.19. The van der Waals surface area contributed by atoms with Gasteiger partial charge in [0.25, 0.3) is 0 Å². The Morgan fingerprint density at radius 3 is 2.68 bits per heavy atom. The van der Waals surface area contributed by atoms with Crippen molar-refractivity contribution < 1.29 is 4.74 Å². The van der Waals surface area contributed by atoms with Gasteiger partial charge in [0.2, 0.25) is 0 Å². The zero-order chi connectivity index (χ0) is 19.7. The van der Waals surface area contributed by atoms with E-state index in [4.69, 9.17) is 19.7 Å². The SMILES string of the molecule is CCc1nc(CN(C)c2nc(CN3CCOCC3)nc3sc(C)c(C)c23)cs1. The molecule has 1 aliphatic heterocycles. The van der Waals surface area contributed by atoms with E-state index < -0.39 is 0 Å². The fourth-order valence-electron chi connectivity index (χ4n) is 3.48. The van der Waals surface area contributed by atoms with E-state index in [1.165, 1.54) is 20.8 Å². The van der Waals surface area contributed by atoms with Gasteiger partial charge in [0.1, 0.15) is 16.5 Å². The average Bonchev–Trinajstić information content (AvgIpc) is 3.26. The summed E-state index contributed by atoms with van der Waals surface area (Å²) in [6.45, 7) is 11.5. The molecule has 1 aliphatic rings. The number of morpholine rings is 1. The van der Waals surface area contributed by atoms with Crippen LogP contribution in [0.1, 0.15) is 33.9 Å². The molecule has 0 aromatic carbocycles. The highest BCUT2D eigenvalue weighted by Crippen LogP contribution is 2.35. The number of hydrogen-bond acceptors (Lipinski definition) is 8. The van der Waals surface area contributed by atoms with Crippen LogP contribution >= 0.6 is 22.7 Å². The van der Waals surface area contributed by atoms with E-state index in [1.54, 1.807) is 22.7 Å². The molecule has 1 fully saturated rings. The molecule has 0 saturated carbocycles. The number of aromatic nitrogens is 3. The quantitative estimate of drug-likeness (QED) is 0.608. The molecule has 0 unspecified atom stereocenters. The standard InChI is InChI=1S/C20H27N5OS2/c1-5-17-21-15(12-27-17)10-24(4)19-18-13(2)14(3)28-20(18)23-16(22-19)11-25-6-8-26-9-7-25/h12H,5-11H2,1-4H3. The van der Waals surface area contributed by atoms with Crippen LogP contribution in [0.4, 0.5) is 5.82 Å². The lowest BCUT2D eigenvalue weighted by atomic mass is 10.2. The first kappa shape index (κ1) is 19.7. The van der Waals surface area contributed by atoms with Crippen LogP contribution in [0.2, 0.25) is 0 Å². The van der Waals surface area contributed by atoms with Gasteiger partial charge in [-0.2, -0.15) is 0 Å². The predicted molar refractivity (Wildman–Crippen MR) is 117 cm³/mol. The van der Waals surface area contributed by atoms with Gasteiger partial charge in [-0.05, 0) is 25.8 Å². The Bertz CT molecular complexity index is 961. The molecule has 0 radical (unpaired) electrons. The third-order valence-corrected chi connectivity index (χ3v) is 7.33. The Morgan fingerprint density at radius 2 is 1.96 bits per heavy atom. The smallest absolute Gasteiger partial charge is 0.146 e. The summed E-state index contributed by atoms with van der Waals surface area (Å²) >= 11 is 3.50. The maximum absolute atomic E-state index is 5.47. The van der Waals surface area contributed by atoms with Gasteiger partial charge in [0.15, 0.2) is 0 Å². The molecule has 150 valence electrons. The summed E-state index contributed by atoms with van der Waals surface area (Å²) in [6.07, 6.45) is 0.985. The Balaban J connectivity index is 1.67. The molecule has 3 aromatic heterocycles. The van der Waals surface area contributed by atoms with Crippen molar-refractivity contribution in [3.8, 4) is 0 Å². The van der Waals surface area contributed by atoms with Gasteiger partial charge in [-0.3, -0.25) is 4.90 Å². The molecular weight excluding hydrogens is 390 g/mol. The number of anilines is 1. The molecule has 4 heterocycles. The summed E-state index contributed by atoms with van der Waals surface area (Å²) in [5, 5.41) is 4.53. The van der Waals surface area contributed by atoms with Crippen LogP contribution in [0.3, 0.4) is 0 Å². The molecule has 8 heteroatoms. The zero-order valence-electron chi connectivity index (χ0n) is 17.0. The minimum Gasteiger partial charge on any atom is -0.379 e. The minimum atomic E-state index is 0.758. The number of nitrogens with zero attached hydrogens (tertiary/aromatic N) is 5. The van der Waals surface area contributed by atoms with Crippen LogP contribution in [0, 0.1) is 13.8 Å². The van der Waals surface area contributed by atoms with Crippen molar-refractivity contribution in [2.75, 3.05) is 38.3 Å². The molecule has 28 heavy (non-hydrogen) atoms. The van der Waals surface area contributed by atoms with Crippen molar-refractivity contribution in [1.82, 2.24) is 19.9 Å². The fraction of sp³-hybridized carbons (Fsp3) is 0.550. The zero-order valence-corrected chi connectivity index (χ0v) is 18.6. The highest BCUT2D eigenvalue weighted by Gasteiger charge is 2.20. The topological polar surface area (TPSA) is 54.4 Å². The lowest BCUT2D eigenvalue weighted by Gasteiger charge is -2.26. The average molecular weight is 418 g/mol. The van der Waals surface area contributed by atoms with Gasteiger partial charge in [0.05, 0.1) is 42.4 Å². The minimum absolute atomic E-state index is 0.758. The maximum atomic E-state index is 5.47. The Kier molecular flexibility index (Phi) is 5.91. The van der Waals surface area contributed by atoms with Crippen molar-refractivity contribution in [1.29, 1.82) is 0 Å². The number of thiazole rings is 1. The first-order chi connectivity index (χ1) is 13.5. The van der Waals surface area contributed by atoms with Crippen LogP contribution in [0.5, 0.6) is 0 Å². The largest absolute Gasteiger partial charge is 0.379 e. The number of thiophene rings is 1. The molecule has 0 aliphatic carbocycles. The lowest BCUT2D eigenvalue weighted by molar-refractivity contribution is 0.0331. The maximum Gasteiger partial charge on any atom is 0.146 e. The van der Waals surface area contributed by atoms with Crippen molar-refractivity contribution in [3.63, 3.8) is 0 Å². The number of aryl methyl sites for hydroxylation is 3. The van der Waals surface area contributed by atoms with Crippen molar-refractivity contribution >= 4 is 38.7 Å². The summed E-state index contributed by atoms with van der Waals surface area (Å²) < 4.78 is 5.47. The number of fused-ring (bicyclic) bond motifs is 1. The first-order valence-corrected chi connectivity index (χ1v) is 11.5. The van der Waals surface area contributed by atoms with Crippen LogP contribution in [-0.2, 0) is 24.2 Å². The summed E-state index contributed by atoms with van der Waals surface area (Å²) in [5.74, 6) is 1.91. The van der Waals surface area contributed by atoms with E-state index in [2.05, 4.69) is 43.0 Å². The van der Waals surface area contributed by atoms with E-state index in [9.17, 15) is 0 Å². The molecule has 3 aromatic rings. The van der Waals surface area contributed by atoms with E-state index in [-0.39, 0.29) is 0 Å². The van der Waals surface area contributed by atoms with Gasteiger partial charge in [0, 0.05) is 30.4 Å². The van der Waals surface area contributed by atoms with Gasteiger partial charge < -0.3 is 9.64 Å². The van der Waals surface area contributed by atoms with E-state index in [0.29, 0.717) is 0 Å². The molecule has 0 bridgehead atoms. The summed E-state index contributed by atoms with van der Waals surface area (Å²) in [4.78, 5) is 21.6. The number of rotatable bonds is 6. The second-order valence-corrected chi connectivity index (χ2v) is 9.40. The lowest BCUT2D eigenvalue weighted by Crippen LogP contribution is -2.36. The Labute approximate surface area is 174 Å². The van der Waals surface area contributed by atoms with Gasteiger partial charge >= 0.3 is 0 Å². The van der Waals surface area contributed by atoms with E-state index >= 15 is 0 Å². The molecule has 0 atom stereocenters. The summed E-state index contributed by atoms with van der Waals surface area (Å²) in [5.41, 5.74) is 2.39. The van der Waals surface area contributed by atoms with E-state index in [1.807, 2.05) is 0 Å². The number of hydrogen-bond donors (Lipinski definition) is 0. The molecule has 1 saturated heterocycles. The van der Waals surface area contributed by atoms with E-state index in [0.717, 1.165) is 68.0 Å². The summed E-state index contributed by atoms with van der Waals surface area (Å²) in [7, 11) is 2.11. The molecule has 6 nitrogen and oxygen atoms in total. The van der Waals surface area contributed by atoms with Crippen molar-refractivity contribution in [2.24, 2.45) is 0 Å².